The zero-order valence-corrected chi connectivity index (χ0v) is 18.2. The largest absolute Gasteiger partial charge is 0.361 e. The number of carbonyl (C=O) groups excluding carboxylic acids is 2. The van der Waals surface area contributed by atoms with Crippen LogP contribution in [0.4, 0.5) is 5.69 Å². The Bertz CT molecular complexity index is 1340. The molecule has 4 rings (SSSR count). The Morgan fingerprint density at radius 2 is 1.94 bits per heavy atom. The predicted molar refractivity (Wildman–Crippen MR) is 128 cm³/mol. The lowest BCUT2D eigenvalue weighted by Crippen LogP contribution is -2.35. The molecule has 0 spiro atoms. The number of amides is 2. The average molecular weight is 461 g/mol. The van der Waals surface area contributed by atoms with Crippen LogP contribution in [-0.4, -0.2) is 28.3 Å². The Labute approximate surface area is 193 Å². The number of hydrogen-bond acceptors (Lipinski definition) is 5. The van der Waals surface area contributed by atoms with Crippen molar-refractivity contribution >= 4 is 45.8 Å². The Balaban J connectivity index is 1.51. The maximum Gasteiger partial charge on any atom is 0.270 e. The maximum atomic E-state index is 12.9. The summed E-state index contributed by atoms with van der Waals surface area (Å²) in [6.45, 7) is 0.349. The van der Waals surface area contributed by atoms with Crippen LogP contribution in [-0.2, 0) is 11.2 Å². The van der Waals surface area contributed by atoms with Crippen LogP contribution < -0.4 is 10.6 Å². The van der Waals surface area contributed by atoms with E-state index in [1.165, 1.54) is 35.6 Å². The van der Waals surface area contributed by atoms with Crippen LogP contribution in [0.2, 0.25) is 0 Å². The van der Waals surface area contributed by atoms with E-state index in [1.807, 2.05) is 30.5 Å². The number of para-hydroxylation sites is 1. The highest BCUT2D eigenvalue weighted by Gasteiger charge is 2.16. The van der Waals surface area contributed by atoms with E-state index in [9.17, 15) is 19.7 Å². The number of benzene rings is 2. The molecule has 8 nitrogen and oxygen atoms in total. The van der Waals surface area contributed by atoms with Crippen molar-refractivity contribution in [2.45, 2.75) is 6.42 Å². The molecular weight excluding hydrogens is 440 g/mol. The fourth-order valence-electron chi connectivity index (χ4n) is 3.39. The summed E-state index contributed by atoms with van der Waals surface area (Å²) in [6, 6.07) is 17.2. The van der Waals surface area contributed by atoms with Crippen molar-refractivity contribution in [2.24, 2.45) is 0 Å². The van der Waals surface area contributed by atoms with E-state index in [4.69, 9.17) is 0 Å². The number of carbonyl (C=O) groups is 2. The first-order valence-electron chi connectivity index (χ1n) is 10.2. The van der Waals surface area contributed by atoms with Gasteiger partial charge >= 0.3 is 0 Å². The molecular formula is C24H20N4O4S. The first-order chi connectivity index (χ1) is 16.0. The van der Waals surface area contributed by atoms with Gasteiger partial charge in [-0.2, -0.15) is 0 Å². The summed E-state index contributed by atoms with van der Waals surface area (Å²) < 4.78 is 0. The van der Waals surface area contributed by atoms with Crippen LogP contribution in [0.3, 0.4) is 0 Å². The summed E-state index contributed by atoms with van der Waals surface area (Å²) in [5, 5.41) is 19.4. The Hall–Kier alpha value is -4.24. The molecule has 0 aliphatic heterocycles. The molecule has 0 atom stereocenters. The minimum atomic E-state index is -0.511. The Kier molecular flexibility index (Phi) is 6.61. The van der Waals surface area contributed by atoms with Gasteiger partial charge in [0, 0.05) is 35.8 Å². The molecule has 0 bridgehead atoms. The lowest BCUT2D eigenvalue weighted by atomic mass is 10.1. The highest BCUT2D eigenvalue weighted by Crippen LogP contribution is 2.18. The molecule has 0 aliphatic carbocycles. The molecule has 4 aromatic rings. The van der Waals surface area contributed by atoms with Crippen molar-refractivity contribution in [2.75, 3.05) is 6.54 Å². The van der Waals surface area contributed by atoms with Gasteiger partial charge in [-0.05, 0) is 41.1 Å². The minimum absolute atomic E-state index is 0.00725. The van der Waals surface area contributed by atoms with Gasteiger partial charge in [0.2, 0.25) is 0 Å². The second-order valence-corrected chi connectivity index (χ2v) is 8.15. The van der Waals surface area contributed by atoms with E-state index in [0.717, 1.165) is 16.5 Å². The van der Waals surface area contributed by atoms with E-state index < -0.39 is 16.7 Å². The summed E-state index contributed by atoms with van der Waals surface area (Å²) in [7, 11) is 0. The van der Waals surface area contributed by atoms with Gasteiger partial charge in [0.15, 0.2) is 0 Å². The zero-order chi connectivity index (χ0) is 23.2. The average Bonchev–Trinajstić information content (AvgIpc) is 3.49. The van der Waals surface area contributed by atoms with Crippen LogP contribution in [0.25, 0.3) is 17.0 Å². The Morgan fingerprint density at radius 1 is 1.09 bits per heavy atom. The summed E-state index contributed by atoms with van der Waals surface area (Å²) in [5.74, 6) is -0.903. The molecule has 0 radical (unpaired) electrons. The van der Waals surface area contributed by atoms with Crippen molar-refractivity contribution < 1.29 is 14.5 Å². The number of aromatic amines is 1. The van der Waals surface area contributed by atoms with Crippen molar-refractivity contribution in [3.8, 4) is 0 Å². The van der Waals surface area contributed by atoms with Crippen molar-refractivity contribution in [1.82, 2.24) is 15.6 Å². The van der Waals surface area contributed by atoms with Crippen LogP contribution in [0.1, 0.15) is 20.8 Å². The van der Waals surface area contributed by atoms with Gasteiger partial charge in [0.05, 0.1) is 9.80 Å². The quantitative estimate of drug-likeness (QED) is 0.207. The zero-order valence-electron chi connectivity index (χ0n) is 17.4. The van der Waals surface area contributed by atoms with Crippen LogP contribution in [0.5, 0.6) is 0 Å². The van der Waals surface area contributed by atoms with Gasteiger partial charge in [-0.25, -0.2) is 0 Å². The topological polar surface area (TPSA) is 117 Å². The lowest BCUT2D eigenvalue weighted by Gasteiger charge is -2.11. The molecule has 0 saturated carbocycles. The number of non-ortho nitro benzene ring substituents is 1. The molecule has 9 heteroatoms. The molecule has 166 valence electrons. The first kappa shape index (κ1) is 22.0. The second-order valence-electron chi connectivity index (χ2n) is 7.21. The molecule has 2 heterocycles. The Morgan fingerprint density at radius 3 is 2.73 bits per heavy atom. The number of nitro benzene ring substituents is 1. The number of aromatic nitrogens is 1. The van der Waals surface area contributed by atoms with Crippen molar-refractivity contribution in [3.63, 3.8) is 0 Å². The molecule has 0 saturated heterocycles. The van der Waals surface area contributed by atoms with Gasteiger partial charge in [-0.15, -0.1) is 11.3 Å². The lowest BCUT2D eigenvalue weighted by molar-refractivity contribution is -0.384. The molecule has 2 aromatic heterocycles. The van der Waals surface area contributed by atoms with E-state index >= 15 is 0 Å². The highest BCUT2D eigenvalue weighted by molar-refractivity contribution is 7.12. The number of rotatable bonds is 8. The second kappa shape index (κ2) is 9.92. The third-order valence-electron chi connectivity index (χ3n) is 4.98. The number of nitro groups is 1. The SMILES string of the molecule is O=C(NCCc1c[nH]c2ccccc12)/C(=C\c1cccc([N+](=O)[O-])c1)NC(=O)c1cccs1. The van der Waals surface area contributed by atoms with E-state index in [1.54, 1.807) is 23.6 Å². The number of nitrogens with one attached hydrogen (secondary N) is 3. The van der Waals surface area contributed by atoms with Crippen molar-refractivity contribution in [3.05, 3.63) is 104 Å². The summed E-state index contributed by atoms with van der Waals surface area (Å²) in [6.07, 6.45) is 3.94. The van der Waals surface area contributed by atoms with Gasteiger partial charge in [0.1, 0.15) is 5.70 Å². The standard InChI is InChI=1S/C24H20N4O4S/c29-23(25-11-10-17-15-26-20-8-2-1-7-19(17)20)21(27-24(30)22-9-4-12-33-22)14-16-5-3-6-18(13-16)28(31)32/h1-9,12-15,26H,10-11H2,(H,25,29)(H,27,30)/b21-14+. The maximum absolute atomic E-state index is 12.9. The smallest absolute Gasteiger partial charge is 0.270 e. The fraction of sp³-hybridized carbons (Fsp3) is 0.0833. The first-order valence-corrected chi connectivity index (χ1v) is 11.0. The van der Waals surface area contributed by atoms with E-state index in [0.29, 0.717) is 23.4 Å². The third-order valence-corrected chi connectivity index (χ3v) is 5.85. The number of thiophene rings is 1. The third kappa shape index (κ3) is 5.34. The number of hydrogen-bond donors (Lipinski definition) is 3. The van der Waals surface area contributed by atoms with Crippen LogP contribution in [0, 0.1) is 10.1 Å². The van der Waals surface area contributed by atoms with Gasteiger partial charge < -0.3 is 15.6 Å². The molecule has 3 N–H and O–H groups in total. The molecule has 0 fully saturated rings. The molecule has 0 aliphatic rings. The van der Waals surface area contributed by atoms with E-state index in [2.05, 4.69) is 15.6 Å². The monoisotopic (exact) mass is 460 g/mol. The van der Waals surface area contributed by atoms with Gasteiger partial charge in [-0.1, -0.05) is 36.4 Å². The predicted octanol–water partition coefficient (Wildman–Crippen LogP) is 4.27. The summed E-state index contributed by atoms with van der Waals surface area (Å²) in [4.78, 5) is 39.7. The molecule has 2 amide bonds. The van der Waals surface area contributed by atoms with Gasteiger partial charge in [0.25, 0.3) is 17.5 Å². The molecule has 33 heavy (non-hydrogen) atoms. The summed E-state index contributed by atoms with van der Waals surface area (Å²) in [5.41, 5.74) is 2.42. The molecule has 0 unspecified atom stereocenters. The molecule has 2 aromatic carbocycles. The number of nitrogens with zero attached hydrogens (tertiary/aromatic N) is 1. The van der Waals surface area contributed by atoms with E-state index in [-0.39, 0.29) is 11.4 Å². The minimum Gasteiger partial charge on any atom is -0.361 e. The number of fused-ring (bicyclic) bond motifs is 1. The normalized spacial score (nSPS) is 11.3. The van der Waals surface area contributed by atoms with Crippen LogP contribution in [0.15, 0.2) is 77.9 Å². The fourth-order valence-corrected chi connectivity index (χ4v) is 4.01. The van der Waals surface area contributed by atoms with Gasteiger partial charge in [-0.3, -0.25) is 19.7 Å². The number of H-pyrrole nitrogens is 1. The van der Waals surface area contributed by atoms with Crippen LogP contribution >= 0.6 is 11.3 Å². The summed E-state index contributed by atoms with van der Waals surface area (Å²) >= 11 is 1.25. The van der Waals surface area contributed by atoms with Crippen molar-refractivity contribution in [1.29, 1.82) is 0 Å². The highest BCUT2D eigenvalue weighted by atomic mass is 32.1.